The summed E-state index contributed by atoms with van der Waals surface area (Å²) >= 11 is 0. The first-order valence-corrected chi connectivity index (χ1v) is 11.8. The van der Waals surface area contributed by atoms with Crippen LogP contribution in [0.1, 0.15) is 28.8 Å². The summed E-state index contributed by atoms with van der Waals surface area (Å²) in [5, 5.41) is 15.7. The van der Waals surface area contributed by atoms with E-state index in [0.717, 1.165) is 48.4 Å². The van der Waals surface area contributed by atoms with Crippen LogP contribution in [-0.2, 0) is 6.54 Å². The van der Waals surface area contributed by atoms with Crippen molar-refractivity contribution in [3.8, 4) is 11.3 Å². The van der Waals surface area contributed by atoms with E-state index in [1.165, 1.54) is 12.1 Å². The van der Waals surface area contributed by atoms with Crippen molar-refractivity contribution < 1.29 is 14.3 Å². The number of aliphatic hydroxyl groups is 1. The first-order valence-electron chi connectivity index (χ1n) is 11.8. The van der Waals surface area contributed by atoms with Crippen LogP contribution < -0.4 is 15.5 Å². The molecule has 0 bridgehead atoms. The number of carbonyl (C=O) groups is 1. The Hall–Kier alpha value is -3.98. The first-order chi connectivity index (χ1) is 17.1. The highest BCUT2D eigenvalue weighted by atomic mass is 19.1. The molecule has 9 heteroatoms. The van der Waals surface area contributed by atoms with Gasteiger partial charge in [0.05, 0.1) is 35.0 Å². The van der Waals surface area contributed by atoms with E-state index in [0.29, 0.717) is 35.2 Å². The Morgan fingerprint density at radius 1 is 1.17 bits per heavy atom. The Morgan fingerprint density at radius 3 is 2.91 bits per heavy atom. The fraction of sp³-hybridized carbons (Fsp3) is 0.269. The number of piperidine rings is 1. The summed E-state index contributed by atoms with van der Waals surface area (Å²) in [5.74, 6) is 0.449. The number of anilines is 3. The van der Waals surface area contributed by atoms with E-state index in [-0.39, 0.29) is 18.3 Å². The smallest absolute Gasteiger partial charge is 0.254 e. The van der Waals surface area contributed by atoms with Crippen molar-refractivity contribution in [1.82, 2.24) is 19.7 Å². The number of hydrogen-bond acceptors (Lipinski definition) is 6. The molecule has 1 saturated heterocycles. The van der Waals surface area contributed by atoms with Crippen molar-refractivity contribution in [2.75, 3.05) is 29.9 Å². The fourth-order valence-electron chi connectivity index (χ4n) is 5.08. The number of halogens is 1. The number of imidazole rings is 1. The number of aliphatic hydroxyl groups excluding tert-OH is 1. The second-order valence-electron chi connectivity index (χ2n) is 9.08. The lowest BCUT2D eigenvalue weighted by atomic mass is 9.98. The van der Waals surface area contributed by atoms with Crippen molar-refractivity contribution in [3.63, 3.8) is 0 Å². The third-order valence-electron chi connectivity index (χ3n) is 6.87. The molecule has 1 atom stereocenters. The van der Waals surface area contributed by atoms with Gasteiger partial charge in [0.25, 0.3) is 5.91 Å². The summed E-state index contributed by atoms with van der Waals surface area (Å²) in [6.45, 7) is 2.39. The molecule has 0 aliphatic carbocycles. The lowest BCUT2D eigenvalue weighted by molar-refractivity contribution is 0.0966. The van der Waals surface area contributed by atoms with Crippen LogP contribution in [0.5, 0.6) is 0 Å². The second kappa shape index (κ2) is 8.66. The van der Waals surface area contributed by atoms with Crippen molar-refractivity contribution in [1.29, 1.82) is 0 Å². The van der Waals surface area contributed by atoms with Crippen molar-refractivity contribution in [2.24, 2.45) is 5.92 Å². The molecule has 178 valence electrons. The van der Waals surface area contributed by atoms with Crippen molar-refractivity contribution in [3.05, 3.63) is 71.9 Å². The van der Waals surface area contributed by atoms with E-state index >= 15 is 0 Å². The average Bonchev–Trinajstić information content (AvgIpc) is 3.48. The quantitative estimate of drug-likeness (QED) is 0.410. The zero-order valence-electron chi connectivity index (χ0n) is 19.0. The summed E-state index contributed by atoms with van der Waals surface area (Å²) in [5.41, 5.74) is 5.32. The molecule has 2 aliphatic heterocycles. The molecule has 1 fully saturated rings. The Labute approximate surface area is 201 Å². The van der Waals surface area contributed by atoms with Gasteiger partial charge in [0.1, 0.15) is 17.3 Å². The van der Waals surface area contributed by atoms with Crippen LogP contribution >= 0.6 is 0 Å². The summed E-state index contributed by atoms with van der Waals surface area (Å²) < 4.78 is 15.4. The maximum atomic E-state index is 13.6. The van der Waals surface area contributed by atoms with Crippen LogP contribution in [0, 0.1) is 11.7 Å². The number of nitrogens with zero attached hydrogens (tertiary/aromatic N) is 4. The maximum Gasteiger partial charge on any atom is 0.254 e. The van der Waals surface area contributed by atoms with Crippen LogP contribution in [0.3, 0.4) is 0 Å². The Kier molecular flexibility index (Phi) is 5.33. The second-order valence-corrected chi connectivity index (χ2v) is 9.08. The lowest BCUT2D eigenvalue weighted by Crippen LogP contribution is -2.36. The molecule has 6 rings (SSSR count). The normalized spacial score (nSPS) is 17.5. The lowest BCUT2D eigenvalue weighted by Gasteiger charge is -2.33. The number of rotatable bonds is 5. The Balaban J connectivity index is 1.30. The van der Waals surface area contributed by atoms with Crippen molar-refractivity contribution >= 4 is 28.7 Å². The molecule has 8 nitrogen and oxygen atoms in total. The topological polar surface area (TPSA) is 94.8 Å². The predicted octanol–water partition coefficient (Wildman–Crippen LogP) is 3.73. The van der Waals surface area contributed by atoms with Gasteiger partial charge in [-0.2, -0.15) is 0 Å². The van der Waals surface area contributed by atoms with Crippen LogP contribution in [0.2, 0.25) is 0 Å². The Bertz CT molecular complexity index is 1420. The average molecular weight is 473 g/mol. The molecule has 0 saturated carbocycles. The van der Waals surface area contributed by atoms with E-state index in [4.69, 9.17) is 0 Å². The highest BCUT2D eigenvalue weighted by molar-refractivity contribution is 6.06. The van der Waals surface area contributed by atoms with Crippen molar-refractivity contribution in [2.45, 2.75) is 19.4 Å². The molecular formula is C26H25FN6O2. The largest absolute Gasteiger partial charge is 0.396 e. The molecule has 35 heavy (non-hydrogen) atoms. The van der Waals surface area contributed by atoms with E-state index in [9.17, 15) is 14.3 Å². The maximum absolute atomic E-state index is 13.6. The van der Waals surface area contributed by atoms with Gasteiger partial charge in [-0.1, -0.05) is 6.07 Å². The van der Waals surface area contributed by atoms with E-state index < -0.39 is 0 Å². The summed E-state index contributed by atoms with van der Waals surface area (Å²) in [6, 6.07) is 10.5. The van der Waals surface area contributed by atoms with Crippen LogP contribution in [0.25, 0.3) is 16.9 Å². The monoisotopic (exact) mass is 472 g/mol. The van der Waals surface area contributed by atoms with Gasteiger partial charge in [0, 0.05) is 44.1 Å². The third-order valence-corrected chi connectivity index (χ3v) is 6.87. The minimum absolute atomic E-state index is 0.149. The Morgan fingerprint density at radius 2 is 2.09 bits per heavy atom. The van der Waals surface area contributed by atoms with Crippen LogP contribution in [-0.4, -0.2) is 45.1 Å². The highest BCUT2D eigenvalue weighted by Gasteiger charge is 2.27. The molecular weight excluding hydrogens is 447 g/mol. The molecule has 1 aromatic carbocycles. The fourth-order valence-corrected chi connectivity index (χ4v) is 5.08. The summed E-state index contributed by atoms with van der Waals surface area (Å²) in [4.78, 5) is 23.9. The van der Waals surface area contributed by atoms with E-state index in [2.05, 4.69) is 25.5 Å². The third kappa shape index (κ3) is 3.87. The standard InChI is InChI=1S/C26H25FN6O2/c27-17-7-9-33-22(13-29-24(33)10-17)19-4-5-21(25-20(19)12-30-26(25)35)31-23-6-3-18(11-28-23)32-8-1-2-16(14-32)15-34/h3-7,9-11,13,16,34H,1-2,8,12,14-15H2,(H,28,31)(H,30,35). The number of carbonyl (C=O) groups excluding carboxylic acids is 1. The van der Waals surface area contributed by atoms with Gasteiger partial charge in [-0.05, 0) is 48.6 Å². The van der Waals surface area contributed by atoms with Gasteiger partial charge in [0.15, 0.2) is 0 Å². The van der Waals surface area contributed by atoms with Gasteiger partial charge in [-0.3, -0.25) is 9.20 Å². The highest BCUT2D eigenvalue weighted by Crippen LogP contribution is 2.35. The van der Waals surface area contributed by atoms with Gasteiger partial charge in [-0.25, -0.2) is 14.4 Å². The van der Waals surface area contributed by atoms with E-state index in [1.807, 2.05) is 34.9 Å². The number of pyridine rings is 2. The van der Waals surface area contributed by atoms with E-state index in [1.54, 1.807) is 12.4 Å². The molecule has 0 spiro atoms. The molecule has 3 N–H and O–H groups in total. The first kappa shape index (κ1) is 21.5. The zero-order chi connectivity index (χ0) is 23.9. The van der Waals surface area contributed by atoms with Gasteiger partial charge in [-0.15, -0.1) is 0 Å². The molecule has 1 amide bonds. The van der Waals surface area contributed by atoms with Crippen LogP contribution in [0.4, 0.5) is 21.6 Å². The SMILES string of the molecule is O=C1NCc2c(-c3cnc4cc(F)ccn34)ccc(Nc3ccc(N4CCCC(CO)C4)cn3)c21. The minimum atomic E-state index is -0.344. The number of nitrogens with one attached hydrogen (secondary N) is 2. The number of benzene rings is 1. The van der Waals surface area contributed by atoms with Gasteiger partial charge < -0.3 is 20.6 Å². The number of hydrogen-bond donors (Lipinski definition) is 3. The van der Waals surface area contributed by atoms with Gasteiger partial charge in [0.2, 0.25) is 0 Å². The minimum Gasteiger partial charge on any atom is -0.396 e. The molecule has 4 aromatic rings. The van der Waals surface area contributed by atoms with Gasteiger partial charge >= 0.3 is 0 Å². The number of amides is 1. The van der Waals surface area contributed by atoms with Crippen LogP contribution in [0.15, 0.2) is 55.0 Å². The predicted molar refractivity (Wildman–Crippen MR) is 131 cm³/mol. The number of aromatic nitrogens is 3. The number of fused-ring (bicyclic) bond motifs is 2. The molecule has 5 heterocycles. The zero-order valence-corrected chi connectivity index (χ0v) is 19.0. The molecule has 0 radical (unpaired) electrons. The molecule has 1 unspecified atom stereocenters. The summed E-state index contributed by atoms with van der Waals surface area (Å²) in [7, 11) is 0. The molecule has 3 aromatic heterocycles. The summed E-state index contributed by atoms with van der Waals surface area (Å²) in [6.07, 6.45) is 7.28. The molecule has 2 aliphatic rings.